The van der Waals surface area contributed by atoms with Crippen LogP contribution in [-0.2, 0) is 31.7 Å². The molecule has 26 heavy (non-hydrogen) atoms. The highest BCUT2D eigenvalue weighted by molar-refractivity contribution is 7.96. The third-order valence-corrected chi connectivity index (χ3v) is 11.1. The summed E-state index contributed by atoms with van der Waals surface area (Å²) in [5, 5.41) is 0.285. The number of thiol groups is 1. The first-order chi connectivity index (χ1) is 12.2. The molecule has 0 aliphatic rings. The van der Waals surface area contributed by atoms with Gasteiger partial charge in [-0.25, -0.2) is 0 Å². The zero-order valence-electron chi connectivity index (χ0n) is 16.5. The molecule has 154 valence electrons. The Balaban J connectivity index is 4.49. The summed E-state index contributed by atoms with van der Waals surface area (Å²) in [7, 11) is 2.87. The topological polar surface area (TPSA) is 72.5 Å². The molecule has 1 atom stereocenters. The van der Waals surface area contributed by atoms with Crippen LogP contribution in [0.3, 0.4) is 0 Å². The van der Waals surface area contributed by atoms with E-state index in [2.05, 4.69) is 12.6 Å². The molecular formula is C15H32O7S2Si2. The summed E-state index contributed by atoms with van der Waals surface area (Å²) in [5.74, 6) is 0. The van der Waals surface area contributed by atoms with Gasteiger partial charge in [-0.3, -0.25) is 4.79 Å². The highest BCUT2D eigenvalue weighted by Crippen LogP contribution is 2.31. The lowest BCUT2D eigenvalue weighted by Crippen LogP contribution is -2.48. The molecular weight excluding hydrogens is 412 g/mol. The van der Waals surface area contributed by atoms with Crippen molar-refractivity contribution in [3.63, 3.8) is 0 Å². The largest absolute Gasteiger partial charge is 0.504 e. The van der Waals surface area contributed by atoms with Gasteiger partial charge in [-0.2, -0.15) is 0 Å². The zero-order chi connectivity index (χ0) is 20.2. The number of ether oxygens (including phenoxy) is 1. The molecule has 0 saturated heterocycles. The van der Waals surface area contributed by atoms with E-state index in [0.717, 1.165) is 12.5 Å². The van der Waals surface area contributed by atoms with Gasteiger partial charge in [0.05, 0.1) is 6.61 Å². The number of hydrogen-bond acceptors (Lipinski definition) is 8. The van der Waals surface area contributed by atoms with Crippen LogP contribution in [0.25, 0.3) is 0 Å². The van der Waals surface area contributed by atoms with Gasteiger partial charge in [-0.1, -0.05) is 0 Å². The van der Waals surface area contributed by atoms with Crippen LogP contribution in [0, 0.1) is 0 Å². The zero-order valence-corrected chi connectivity index (χ0v) is 20.2. The van der Waals surface area contributed by atoms with E-state index in [0.29, 0.717) is 24.5 Å². The maximum atomic E-state index is 11.5. The molecule has 0 radical (unpaired) electrons. The van der Waals surface area contributed by atoms with Crippen LogP contribution in [0.15, 0.2) is 0 Å². The first-order valence-electron chi connectivity index (χ1n) is 8.35. The van der Waals surface area contributed by atoms with E-state index in [4.69, 9.17) is 39.1 Å². The first-order valence-corrected chi connectivity index (χ1v) is 13.5. The molecule has 0 heterocycles. The van der Waals surface area contributed by atoms with Gasteiger partial charge in [0.15, 0.2) is 10.2 Å². The van der Waals surface area contributed by atoms with Crippen molar-refractivity contribution in [1.82, 2.24) is 0 Å². The Hall–Kier alpha value is 0.144. The molecule has 0 N–H and O–H groups in total. The SMILES string of the molecule is CO[Si](C)(CCCC(=S)OCCC(CC(=O)S)[Si](OC)(OC)OC)OC. The van der Waals surface area contributed by atoms with Gasteiger partial charge in [0.2, 0.25) is 0 Å². The van der Waals surface area contributed by atoms with E-state index in [1.54, 1.807) is 14.2 Å². The number of carbonyl (C=O) groups is 1. The minimum atomic E-state index is -2.96. The van der Waals surface area contributed by atoms with E-state index in [1.807, 2.05) is 6.55 Å². The molecule has 0 fully saturated rings. The van der Waals surface area contributed by atoms with Crippen LogP contribution in [0.5, 0.6) is 0 Å². The first kappa shape index (κ1) is 26.1. The van der Waals surface area contributed by atoms with Crippen LogP contribution in [0.1, 0.15) is 25.7 Å². The van der Waals surface area contributed by atoms with Crippen molar-refractivity contribution >= 4 is 52.4 Å². The fourth-order valence-electron chi connectivity index (χ4n) is 2.59. The summed E-state index contributed by atoms with van der Waals surface area (Å²) in [6, 6.07) is 0.841. The van der Waals surface area contributed by atoms with Crippen LogP contribution >= 0.6 is 24.8 Å². The van der Waals surface area contributed by atoms with Gasteiger partial charge >= 0.3 is 17.4 Å². The second-order valence-electron chi connectivity index (χ2n) is 5.92. The van der Waals surface area contributed by atoms with Crippen molar-refractivity contribution in [2.24, 2.45) is 0 Å². The number of rotatable bonds is 15. The van der Waals surface area contributed by atoms with Crippen molar-refractivity contribution in [2.75, 3.05) is 42.2 Å². The summed E-state index contributed by atoms with van der Waals surface area (Å²) in [6.45, 7) is 2.37. The smallest absolute Gasteiger partial charge is 0.487 e. The van der Waals surface area contributed by atoms with Crippen LogP contribution in [0.2, 0.25) is 18.1 Å². The van der Waals surface area contributed by atoms with Crippen molar-refractivity contribution in [3.05, 3.63) is 0 Å². The lowest BCUT2D eigenvalue weighted by Gasteiger charge is -2.31. The number of carbonyl (C=O) groups excluding carboxylic acids is 1. The molecule has 7 nitrogen and oxygen atoms in total. The van der Waals surface area contributed by atoms with Crippen LogP contribution in [-0.4, -0.2) is 69.7 Å². The van der Waals surface area contributed by atoms with Crippen molar-refractivity contribution in [3.8, 4) is 0 Å². The van der Waals surface area contributed by atoms with Gasteiger partial charge in [0, 0.05) is 53.9 Å². The molecule has 0 spiro atoms. The third kappa shape index (κ3) is 8.89. The number of thiocarbonyl (C=S) groups is 1. The molecule has 0 rings (SSSR count). The number of hydrogen-bond donors (Lipinski definition) is 1. The molecule has 1 unspecified atom stereocenters. The molecule has 0 bridgehead atoms. The maximum Gasteiger partial charge on any atom is 0.504 e. The summed E-state index contributed by atoms with van der Waals surface area (Å²) in [4.78, 5) is 11.5. The minimum Gasteiger partial charge on any atom is -0.487 e. The lowest BCUT2D eigenvalue weighted by atomic mass is 10.2. The molecule has 11 heteroatoms. The molecule has 0 aliphatic heterocycles. The average Bonchev–Trinajstić information content (AvgIpc) is 2.62. The summed E-state index contributed by atoms with van der Waals surface area (Å²) in [6.07, 6.45) is 2.21. The molecule has 0 saturated carbocycles. The highest BCUT2D eigenvalue weighted by atomic mass is 32.1. The van der Waals surface area contributed by atoms with E-state index in [9.17, 15) is 4.79 Å². The Bertz CT molecular complexity index is 424. The predicted octanol–water partition coefficient (Wildman–Crippen LogP) is 2.96. The molecule has 0 amide bonds. The van der Waals surface area contributed by atoms with Gasteiger partial charge in [-0.15, -0.1) is 12.6 Å². The predicted molar refractivity (Wildman–Crippen MR) is 112 cm³/mol. The lowest BCUT2D eigenvalue weighted by molar-refractivity contribution is -0.111. The molecule has 0 aromatic heterocycles. The van der Waals surface area contributed by atoms with Gasteiger partial charge < -0.3 is 26.9 Å². The van der Waals surface area contributed by atoms with E-state index < -0.39 is 17.4 Å². The van der Waals surface area contributed by atoms with Crippen molar-refractivity contribution in [1.29, 1.82) is 0 Å². The normalized spacial score (nSPS) is 13.5. The van der Waals surface area contributed by atoms with Gasteiger partial charge in [0.25, 0.3) is 0 Å². The highest BCUT2D eigenvalue weighted by Gasteiger charge is 2.47. The van der Waals surface area contributed by atoms with Gasteiger partial charge in [0.1, 0.15) is 0 Å². The summed E-state index contributed by atoms with van der Waals surface area (Å²) < 4.78 is 33.0. The van der Waals surface area contributed by atoms with Crippen LogP contribution in [0.4, 0.5) is 0 Å². The Morgan fingerprint density at radius 3 is 2.00 bits per heavy atom. The third-order valence-electron chi connectivity index (χ3n) is 4.38. The molecule has 0 aromatic carbocycles. The minimum absolute atomic E-state index is 0.187. The molecule has 0 aromatic rings. The average molecular weight is 445 g/mol. The van der Waals surface area contributed by atoms with Crippen molar-refractivity contribution in [2.45, 2.75) is 43.8 Å². The van der Waals surface area contributed by atoms with E-state index >= 15 is 0 Å². The second kappa shape index (κ2) is 13.3. The standard InChI is InChI=1S/C15H32O7S2Si2/c1-17-25(6,18-2)11-7-8-15(24)22-10-9-13(12-14(16)23)26(19-3,20-4)21-5/h13H,7-12H2,1-6H3,(H,16,23). The van der Waals surface area contributed by atoms with Crippen molar-refractivity contribution < 1.29 is 31.7 Å². The Labute approximate surface area is 170 Å². The Morgan fingerprint density at radius 2 is 1.58 bits per heavy atom. The summed E-state index contributed by atoms with van der Waals surface area (Å²) >= 11 is 9.15. The van der Waals surface area contributed by atoms with Crippen LogP contribution < -0.4 is 0 Å². The fraction of sp³-hybridized carbons (Fsp3) is 0.867. The monoisotopic (exact) mass is 444 g/mol. The van der Waals surface area contributed by atoms with Gasteiger partial charge in [-0.05, 0) is 37.7 Å². The quantitative estimate of drug-likeness (QED) is 0.235. The fourth-order valence-corrected chi connectivity index (χ4v) is 7.01. The Morgan fingerprint density at radius 1 is 1.04 bits per heavy atom. The maximum absolute atomic E-state index is 11.5. The van der Waals surface area contributed by atoms with E-state index in [1.165, 1.54) is 21.3 Å². The van der Waals surface area contributed by atoms with E-state index in [-0.39, 0.29) is 17.1 Å². The second-order valence-corrected chi connectivity index (χ2v) is 13.7. The summed E-state index contributed by atoms with van der Waals surface area (Å²) in [5.41, 5.74) is -0.243. The molecule has 0 aliphatic carbocycles. The Kier molecular flexibility index (Phi) is 13.4.